The van der Waals surface area contributed by atoms with E-state index >= 15 is 0 Å². The summed E-state index contributed by atoms with van der Waals surface area (Å²) in [5.74, 6) is -0.699. The van der Waals surface area contributed by atoms with Crippen LogP contribution in [0.1, 0.15) is 46.5 Å². The zero-order valence-corrected chi connectivity index (χ0v) is 16.3. The molecule has 1 aliphatic heterocycles. The van der Waals surface area contributed by atoms with Gasteiger partial charge in [0.05, 0.1) is 18.2 Å². The van der Waals surface area contributed by atoms with Crippen LogP contribution in [0.2, 0.25) is 0 Å². The summed E-state index contributed by atoms with van der Waals surface area (Å²) >= 11 is 0. The summed E-state index contributed by atoms with van der Waals surface area (Å²) in [4.78, 5) is 39.9. The second kappa shape index (κ2) is 8.25. The van der Waals surface area contributed by atoms with Crippen molar-refractivity contribution in [2.45, 2.75) is 32.9 Å². The number of hydrogen-bond acceptors (Lipinski definition) is 4. The first kappa shape index (κ1) is 19.6. The molecule has 0 saturated carbocycles. The van der Waals surface area contributed by atoms with Gasteiger partial charge in [-0.2, -0.15) is 0 Å². The van der Waals surface area contributed by atoms with Crippen LogP contribution < -0.4 is 10.1 Å². The number of methoxy groups -OCH3 is 1. The lowest BCUT2D eigenvalue weighted by molar-refractivity contribution is -0.126. The number of carbonyl (C=O) groups excluding carboxylic acids is 3. The van der Waals surface area contributed by atoms with E-state index in [2.05, 4.69) is 5.32 Å². The Hall–Kier alpha value is -3.15. The number of nitrogens with zero attached hydrogens (tertiary/aromatic N) is 1. The molecule has 146 valence electrons. The number of nitrogens with one attached hydrogen (secondary N) is 1. The Kier molecular flexibility index (Phi) is 5.78. The molecule has 0 saturated heterocycles. The van der Waals surface area contributed by atoms with Crippen LogP contribution in [-0.2, 0) is 11.3 Å². The number of para-hydroxylation sites is 1. The van der Waals surface area contributed by atoms with Gasteiger partial charge < -0.3 is 10.1 Å². The zero-order valence-electron chi connectivity index (χ0n) is 16.3. The molecule has 1 heterocycles. The summed E-state index contributed by atoms with van der Waals surface area (Å²) in [6, 6.07) is 13.2. The van der Waals surface area contributed by atoms with Crippen LogP contribution in [0.4, 0.5) is 0 Å². The van der Waals surface area contributed by atoms with Crippen molar-refractivity contribution < 1.29 is 19.1 Å². The van der Waals surface area contributed by atoms with Crippen LogP contribution in [0.5, 0.6) is 5.75 Å². The lowest BCUT2D eigenvalue weighted by Gasteiger charge is -2.29. The van der Waals surface area contributed by atoms with Crippen molar-refractivity contribution in [3.05, 3.63) is 65.2 Å². The van der Waals surface area contributed by atoms with Crippen molar-refractivity contribution >= 4 is 17.7 Å². The molecule has 2 aromatic carbocycles. The van der Waals surface area contributed by atoms with E-state index in [0.717, 1.165) is 10.5 Å². The molecule has 2 aromatic rings. The van der Waals surface area contributed by atoms with Gasteiger partial charge in [0, 0.05) is 12.1 Å². The van der Waals surface area contributed by atoms with Gasteiger partial charge in [-0.3, -0.25) is 19.3 Å². The molecule has 1 aliphatic rings. The average Bonchev–Trinajstić information content (AvgIpc) is 2.98. The predicted octanol–water partition coefficient (Wildman–Crippen LogP) is 3.02. The van der Waals surface area contributed by atoms with Gasteiger partial charge in [-0.1, -0.05) is 50.6 Å². The van der Waals surface area contributed by atoms with Gasteiger partial charge in [0.15, 0.2) is 0 Å². The highest BCUT2D eigenvalue weighted by atomic mass is 16.5. The van der Waals surface area contributed by atoms with Gasteiger partial charge in [0.25, 0.3) is 11.8 Å². The highest BCUT2D eigenvalue weighted by Crippen LogP contribution is 2.28. The summed E-state index contributed by atoms with van der Waals surface area (Å²) in [6.45, 7) is 4.05. The number of imide groups is 1. The Balaban J connectivity index is 1.84. The minimum atomic E-state index is -0.868. The van der Waals surface area contributed by atoms with E-state index in [4.69, 9.17) is 4.74 Å². The quantitative estimate of drug-likeness (QED) is 0.749. The molecule has 6 nitrogen and oxygen atoms in total. The molecule has 3 amide bonds. The van der Waals surface area contributed by atoms with Crippen molar-refractivity contribution in [2.24, 2.45) is 5.92 Å². The van der Waals surface area contributed by atoms with Crippen molar-refractivity contribution in [1.29, 1.82) is 0 Å². The maximum Gasteiger partial charge on any atom is 0.262 e. The first-order valence-corrected chi connectivity index (χ1v) is 9.36. The molecular weight excluding hydrogens is 356 g/mol. The maximum atomic E-state index is 13.0. The number of fused-ring (bicyclic) bond motifs is 1. The topological polar surface area (TPSA) is 75.7 Å². The number of amides is 3. The maximum absolute atomic E-state index is 13.0. The van der Waals surface area contributed by atoms with E-state index in [1.165, 1.54) is 0 Å². The summed E-state index contributed by atoms with van der Waals surface area (Å²) in [6.07, 6.45) is 0.653. The molecule has 2 atom stereocenters. The molecule has 0 radical (unpaired) electrons. The average molecular weight is 380 g/mol. The number of carbonyl (C=O) groups is 3. The number of hydrogen-bond donors (Lipinski definition) is 1. The molecule has 3 rings (SSSR count). The Labute approximate surface area is 164 Å². The SMILES string of the molecule is CC[C@H](C)[C@@H](C(=O)NCc1ccccc1OC)N1C(=O)c2ccccc2C1=O. The summed E-state index contributed by atoms with van der Waals surface area (Å²) in [5, 5.41) is 2.87. The van der Waals surface area contributed by atoms with Crippen LogP contribution >= 0.6 is 0 Å². The van der Waals surface area contributed by atoms with Crippen molar-refractivity contribution in [1.82, 2.24) is 10.2 Å². The van der Waals surface area contributed by atoms with Crippen LogP contribution in [0, 0.1) is 5.92 Å². The van der Waals surface area contributed by atoms with Gasteiger partial charge in [-0.25, -0.2) is 0 Å². The van der Waals surface area contributed by atoms with Crippen molar-refractivity contribution in [2.75, 3.05) is 7.11 Å². The monoisotopic (exact) mass is 380 g/mol. The molecule has 0 bridgehead atoms. The Bertz CT molecular complexity index is 874. The molecule has 0 aliphatic carbocycles. The minimum absolute atomic E-state index is 0.181. The van der Waals surface area contributed by atoms with Gasteiger partial charge in [0.1, 0.15) is 11.8 Å². The summed E-state index contributed by atoms with van der Waals surface area (Å²) in [5.41, 5.74) is 1.51. The molecule has 0 aromatic heterocycles. The van der Waals surface area contributed by atoms with E-state index in [9.17, 15) is 14.4 Å². The number of ether oxygens (including phenoxy) is 1. The lowest BCUT2D eigenvalue weighted by Crippen LogP contribution is -2.52. The van der Waals surface area contributed by atoms with E-state index in [-0.39, 0.29) is 18.4 Å². The molecule has 1 N–H and O–H groups in total. The largest absolute Gasteiger partial charge is 0.496 e. The third kappa shape index (κ3) is 3.50. The van der Waals surface area contributed by atoms with E-state index in [1.54, 1.807) is 31.4 Å². The second-order valence-corrected chi connectivity index (χ2v) is 6.89. The minimum Gasteiger partial charge on any atom is -0.496 e. The Morgan fingerprint density at radius 2 is 1.61 bits per heavy atom. The van der Waals surface area contributed by atoms with Crippen molar-refractivity contribution in [3.8, 4) is 5.75 Å². The highest BCUT2D eigenvalue weighted by molar-refractivity contribution is 6.22. The number of rotatable bonds is 7. The molecule has 28 heavy (non-hydrogen) atoms. The fraction of sp³-hybridized carbons (Fsp3) is 0.318. The highest BCUT2D eigenvalue weighted by Gasteiger charge is 2.44. The third-order valence-corrected chi connectivity index (χ3v) is 5.20. The summed E-state index contributed by atoms with van der Waals surface area (Å²) in [7, 11) is 1.57. The molecule has 0 spiro atoms. The zero-order chi connectivity index (χ0) is 20.3. The van der Waals surface area contributed by atoms with Crippen LogP contribution in [-0.4, -0.2) is 35.8 Å². The van der Waals surface area contributed by atoms with E-state index in [0.29, 0.717) is 23.3 Å². The lowest BCUT2D eigenvalue weighted by atomic mass is 9.96. The van der Waals surface area contributed by atoms with Crippen molar-refractivity contribution in [3.63, 3.8) is 0 Å². The number of benzene rings is 2. The fourth-order valence-electron chi connectivity index (χ4n) is 3.45. The summed E-state index contributed by atoms with van der Waals surface area (Å²) < 4.78 is 5.31. The third-order valence-electron chi connectivity index (χ3n) is 5.20. The van der Waals surface area contributed by atoms with Crippen LogP contribution in [0.15, 0.2) is 48.5 Å². The standard InChI is InChI=1S/C22H24N2O4/c1-4-14(2)19(20(25)23-13-15-9-5-8-12-18(15)28-3)24-21(26)16-10-6-7-11-17(16)22(24)27/h5-12,14,19H,4,13H2,1-3H3,(H,23,25)/t14-,19-/m0/s1. The van der Waals surface area contributed by atoms with E-state index < -0.39 is 17.9 Å². The first-order chi connectivity index (χ1) is 13.5. The van der Waals surface area contributed by atoms with Crippen LogP contribution in [0.3, 0.4) is 0 Å². The van der Waals surface area contributed by atoms with Crippen LogP contribution in [0.25, 0.3) is 0 Å². The van der Waals surface area contributed by atoms with Gasteiger partial charge in [0.2, 0.25) is 5.91 Å². The predicted molar refractivity (Wildman–Crippen MR) is 105 cm³/mol. The van der Waals surface area contributed by atoms with Gasteiger partial charge in [-0.15, -0.1) is 0 Å². The first-order valence-electron chi connectivity index (χ1n) is 9.36. The van der Waals surface area contributed by atoms with Gasteiger partial charge in [-0.05, 0) is 24.1 Å². The Morgan fingerprint density at radius 3 is 2.18 bits per heavy atom. The fourth-order valence-corrected chi connectivity index (χ4v) is 3.45. The molecule has 0 fully saturated rings. The normalized spacial score (nSPS) is 15.2. The molecular formula is C22H24N2O4. The second-order valence-electron chi connectivity index (χ2n) is 6.89. The molecule has 0 unspecified atom stereocenters. The smallest absolute Gasteiger partial charge is 0.262 e. The van der Waals surface area contributed by atoms with E-state index in [1.807, 2.05) is 38.1 Å². The Morgan fingerprint density at radius 1 is 1.04 bits per heavy atom. The van der Waals surface area contributed by atoms with Gasteiger partial charge >= 0.3 is 0 Å². The molecule has 6 heteroatoms.